The third-order valence-electron chi connectivity index (χ3n) is 1.99. The summed E-state index contributed by atoms with van der Waals surface area (Å²) in [5.41, 5.74) is 0. The van der Waals surface area contributed by atoms with Crippen molar-refractivity contribution in [2.24, 2.45) is 0 Å². The molecule has 1 N–H and O–H groups in total. The lowest BCUT2D eigenvalue weighted by Gasteiger charge is -2.11. The zero-order valence-corrected chi connectivity index (χ0v) is 9.97. The highest BCUT2D eigenvalue weighted by molar-refractivity contribution is 7.09. The monoisotopic (exact) mass is 227 g/mol. The van der Waals surface area contributed by atoms with Gasteiger partial charge in [-0.15, -0.1) is 11.3 Å². The molecule has 1 rings (SSSR count). The molecule has 0 radical (unpaired) electrons. The lowest BCUT2D eigenvalue weighted by atomic mass is 10.2. The molecule has 84 valence electrons. The lowest BCUT2D eigenvalue weighted by molar-refractivity contribution is -0.142. The highest BCUT2D eigenvalue weighted by Gasteiger charge is 2.06. The maximum Gasteiger partial charge on any atom is 0.319 e. The highest BCUT2D eigenvalue weighted by atomic mass is 32.1. The molecule has 0 fully saturated rings. The third-order valence-corrected chi connectivity index (χ3v) is 2.89. The molecule has 1 aromatic heterocycles. The van der Waals surface area contributed by atoms with Crippen molar-refractivity contribution in [2.45, 2.75) is 26.3 Å². The minimum absolute atomic E-state index is 0.185. The van der Waals surface area contributed by atoms with Crippen LogP contribution in [-0.2, 0) is 16.0 Å². The third kappa shape index (κ3) is 4.95. The Bertz CT molecular complexity index is 285. The van der Waals surface area contributed by atoms with Gasteiger partial charge in [-0.3, -0.25) is 4.79 Å². The van der Waals surface area contributed by atoms with Crippen molar-refractivity contribution in [3.63, 3.8) is 0 Å². The van der Waals surface area contributed by atoms with E-state index in [1.54, 1.807) is 11.3 Å². The number of carbonyl (C=O) groups is 1. The van der Waals surface area contributed by atoms with Crippen LogP contribution in [0.15, 0.2) is 17.5 Å². The van der Waals surface area contributed by atoms with Gasteiger partial charge in [-0.1, -0.05) is 6.07 Å². The van der Waals surface area contributed by atoms with Crippen molar-refractivity contribution in [3.05, 3.63) is 22.4 Å². The number of ether oxygens (including phenoxy) is 1. The molecule has 1 aromatic rings. The Kier molecular flexibility index (Phi) is 5.36. The van der Waals surface area contributed by atoms with E-state index in [4.69, 9.17) is 4.74 Å². The van der Waals surface area contributed by atoms with E-state index in [-0.39, 0.29) is 5.97 Å². The van der Waals surface area contributed by atoms with Crippen LogP contribution in [0.25, 0.3) is 0 Å². The summed E-state index contributed by atoms with van der Waals surface area (Å²) < 4.78 is 4.83. The fourth-order valence-corrected chi connectivity index (χ4v) is 2.11. The molecule has 15 heavy (non-hydrogen) atoms. The molecule has 0 spiro atoms. The molecule has 4 heteroatoms. The Morgan fingerprint density at radius 3 is 3.07 bits per heavy atom. The second-order valence-corrected chi connectivity index (χ2v) is 4.40. The number of carbonyl (C=O) groups excluding carboxylic acids is 1. The summed E-state index contributed by atoms with van der Waals surface area (Å²) in [4.78, 5) is 12.4. The molecule has 0 amide bonds. The number of nitrogens with one attached hydrogen (secondary N) is 1. The number of hydrogen-bond acceptors (Lipinski definition) is 4. The Morgan fingerprint density at radius 1 is 1.67 bits per heavy atom. The van der Waals surface area contributed by atoms with Crippen LogP contribution in [0.1, 0.15) is 18.7 Å². The summed E-state index contributed by atoms with van der Waals surface area (Å²) in [5.74, 6) is -0.185. The van der Waals surface area contributed by atoms with Gasteiger partial charge in [0.15, 0.2) is 0 Å². The van der Waals surface area contributed by atoms with Gasteiger partial charge in [0.1, 0.15) is 0 Å². The summed E-state index contributed by atoms with van der Waals surface area (Å²) in [7, 11) is 0. The quantitative estimate of drug-likeness (QED) is 0.754. The van der Waals surface area contributed by atoms with Crippen molar-refractivity contribution < 1.29 is 9.53 Å². The number of esters is 1. The molecule has 0 aliphatic heterocycles. The van der Waals surface area contributed by atoms with E-state index in [0.29, 0.717) is 19.2 Å². The molecule has 1 heterocycles. The minimum atomic E-state index is -0.185. The molecule has 0 saturated carbocycles. The summed E-state index contributed by atoms with van der Waals surface area (Å²) in [6.45, 7) is 4.62. The van der Waals surface area contributed by atoms with Crippen molar-refractivity contribution in [3.8, 4) is 0 Å². The van der Waals surface area contributed by atoms with Gasteiger partial charge in [-0.2, -0.15) is 0 Å². The van der Waals surface area contributed by atoms with E-state index < -0.39 is 0 Å². The molecule has 0 bridgehead atoms. The molecule has 0 saturated heterocycles. The average molecular weight is 227 g/mol. The van der Waals surface area contributed by atoms with Crippen molar-refractivity contribution >= 4 is 17.3 Å². The van der Waals surface area contributed by atoms with Gasteiger partial charge in [0.05, 0.1) is 13.2 Å². The van der Waals surface area contributed by atoms with Crippen LogP contribution in [0.2, 0.25) is 0 Å². The average Bonchev–Trinajstić information content (AvgIpc) is 2.68. The topological polar surface area (TPSA) is 38.3 Å². The van der Waals surface area contributed by atoms with Gasteiger partial charge in [-0.05, 0) is 31.7 Å². The Labute approximate surface area is 94.5 Å². The van der Waals surface area contributed by atoms with E-state index in [1.807, 2.05) is 13.0 Å². The van der Waals surface area contributed by atoms with Crippen LogP contribution >= 0.6 is 11.3 Å². The maximum absolute atomic E-state index is 11.1. The van der Waals surface area contributed by atoms with Crippen LogP contribution in [0, 0.1) is 0 Å². The summed E-state index contributed by atoms with van der Waals surface area (Å²) >= 11 is 1.74. The normalized spacial score (nSPS) is 12.4. The Balaban J connectivity index is 2.19. The molecule has 0 aliphatic rings. The van der Waals surface area contributed by atoms with Gasteiger partial charge in [-0.25, -0.2) is 0 Å². The van der Waals surface area contributed by atoms with Crippen LogP contribution < -0.4 is 5.32 Å². The van der Waals surface area contributed by atoms with Crippen LogP contribution in [0.3, 0.4) is 0 Å². The zero-order chi connectivity index (χ0) is 11.1. The molecule has 0 aromatic carbocycles. The second-order valence-electron chi connectivity index (χ2n) is 3.37. The Hall–Kier alpha value is -0.870. The van der Waals surface area contributed by atoms with Gasteiger partial charge in [0.25, 0.3) is 0 Å². The highest BCUT2D eigenvalue weighted by Crippen LogP contribution is 2.10. The smallest absolute Gasteiger partial charge is 0.319 e. The summed E-state index contributed by atoms with van der Waals surface area (Å²) in [5, 5.41) is 5.20. The van der Waals surface area contributed by atoms with Crippen LogP contribution in [0.4, 0.5) is 0 Å². The number of rotatable bonds is 6. The van der Waals surface area contributed by atoms with Crippen molar-refractivity contribution in [1.82, 2.24) is 5.32 Å². The van der Waals surface area contributed by atoms with Gasteiger partial charge >= 0.3 is 5.97 Å². The maximum atomic E-state index is 11.1. The van der Waals surface area contributed by atoms with E-state index in [0.717, 1.165) is 6.42 Å². The molecule has 3 nitrogen and oxygen atoms in total. The fraction of sp³-hybridized carbons (Fsp3) is 0.545. The van der Waals surface area contributed by atoms with E-state index in [1.165, 1.54) is 4.88 Å². The van der Waals surface area contributed by atoms with Gasteiger partial charge in [0, 0.05) is 10.9 Å². The molecule has 1 unspecified atom stereocenters. The van der Waals surface area contributed by atoms with Crippen molar-refractivity contribution in [1.29, 1.82) is 0 Å². The summed E-state index contributed by atoms with van der Waals surface area (Å²) in [6, 6.07) is 4.44. The van der Waals surface area contributed by atoms with E-state index >= 15 is 0 Å². The van der Waals surface area contributed by atoms with Gasteiger partial charge in [0.2, 0.25) is 0 Å². The Morgan fingerprint density at radius 2 is 2.47 bits per heavy atom. The predicted molar refractivity (Wildman–Crippen MR) is 62.1 cm³/mol. The van der Waals surface area contributed by atoms with Crippen LogP contribution in [-0.4, -0.2) is 25.2 Å². The first-order valence-corrected chi connectivity index (χ1v) is 6.01. The van der Waals surface area contributed by atoms with Gasteiger partial charge < -0.3 is 10.1 Å². The first kappa shape index (κ1) is 12.2. The minimum Gasteiger partial charge on any atom is -0.465 e. The first-order chi connectivity index (χ1) is 7.22. The van der Waals surface area contributed by atoms with E-state index in [2.05, 4.69) is 23.7 Å². The lowest BCUT2D eigenvalue weighted by Crippen LogP contribution is -2.33. The number of hydrogen-bond donors (Lipinski definition) is 1. The number of thiophene rings is 1. The van der Waals surface area contributed by atoms with E-state index in [9.17, 15) is 4.79 Å². The molecular weight excluding hydrogens is 210 g/mol. The first-order valence-electron chi connectivity index (χ1n) is 5.13. The standard InChI is InChI=1S/C11H17NO2S/c1-3-14-11(13)8-12-9(2)7-10-5-4-6-15-10/h4-6,9,12H,3,7-8H2,1-2H3. The largest absolute Gasteiger partial charge is 0.465 e. The zero-order valence-electron chi connectivity index (χ0n) is 9.16. The van der Waals surface area contributed by atoms with Crippen molar-refractivity contribution in [2.75, 3.05) is 13.2 Å². The molecule has 1 atom stereocenters. The predicted octanol–water partition coefficient (Wildman–Crippen LogP) is 1.83. The molecule has 0 aliphatic carbocycles. The molecular formula is C11H17NO2S. The van der Waals surface area contributed by atoms with Crippen LogP contribution in [0.5, 0.6) is 0 Å². The second kappa shape index (κ2) is 6.58. The summed E-state index contributed by atoms with van der Waals surface area (Å²) in [6.07, 6.45) is 0.955. The fourth-order valence-electron chi connectivity index (χ4n) is 1.27. The SMILES string of the molecule is CCOC(=O)CNC(C)Cc1cccs1.